The molecule has 0 radical (unpaired) electrons. The Labute approximate surface area is 153 Å². The molecule has 0 spiro atoms. The fourth-order valence-electron chi connectivity index (χ4n) is 3.02. The molecule has 4 nitrogen and oxygen atoms in total. The summed E-state index contributed by atoms with van der Waals surface area (Å²) in [6, 6.07) is 21.2. The molecule has 3 aromatic carbocycles. The first-order valence-corrected chi connectivity index (χ1v) is 8.64. The van der Waals surface area contributed by atoms with Crippen molar-refractivity contribution < 1.29 is 9.59 Å². The molecule has 0 aromatic heterocycles. The molecule has 2 N–H and O–H groups in total. The number of amides is 2. The van der Waals surface area contributed by atoms with E-state index >= 15 is 0 Å². The normalized spacial score (nSPS) is 11.8. The summed E-state index contributed by atoms with van der Waals surface area (Å²) in [4.78, 5) is 24.2. The van der Waals surface area contributed by atoms with Crippen LogP contribution in [0, 0.1) is 6.92 Å². The molecule has 132 valence electrons. The number of nitrogens with one attached hydrogen (secondary N) is 2. The number of benzene rings is 3. The Hall–Kier alpha value is -3.14. The van der Waals surface area contributed by atoms with Gasteiger partial charge in [0.05, 0.1) is 12.5 Å². The van der Waals surface area contributed by atoms with Crippen molar-refractivity contribution in [2.75, 3.05) is 5.32 Å². The predicted molar refractivity (Wildman–Crippen MR) is 105 cm³/mol. The average molecular weight is 346 g/mol. The quantitative estimate of drug-likeness (QED) is 0.721. The first kappa shape index (κ1) is 17.7. The molecule has 0 aliphatic carbocycles. The highest BCUT2D eigenvalue weighted by molar-refractivity contribution is 6.02. The summed E-state index contributed by atoms with van der Waals surface area (Å²) in [6.07, 6.45) is 0.172. The number of carbonyl (C=O) groups is 2. The third kappa shape index (κ3) is 4.28. The molecule has 0 fully saturated rings. The zero-order valence-corrected chi connectivity index (χ0v) is 15.0. The summed E-state index contributed by atoms with van der Waals surface area (Å²) in [5, 5.41) is 7.92. The van der Waals surface area contributed by atoms with E-state index in [1.54, 1.807) is 0 Å². The van der Waals surface area contributed by atoms with Crippen LogP contribution in [0.2, 0.25) is 0 Å². The lowest BCUT2D eigenvalue weighted by molar-refractivity contribution is -0.120. The highest BCUT2D eigenvalue weighted by atomic mass is 16.2. The highest BCUT2D eigenvalue weighted by Crippen LogP contribution is 2.24. The van der Waals surface area contributed by atoms with E-state index in [-0.39, 0.29) is 24.3 Å². The molecule has 3 aromatic rings. The number of hydrogen-bond acceptors (Lipinski definition) is 2. The number of carbonyl (C=O) groups excluding carboxylic acids is 2. The van der Waals surface area contributed by atoms with Gasteiger partial charge in [-0.15, -0.1) is 0 Å². The maximum Gasteiger partial charge on any atom is 0.226 e. The molecule has 1 unspecified atom stereocenters. The van der Waals surface area contributed by atoms with Crippen LogP contribution in [0.5, 0.6) is 0 Å². The molecule has 0 saturated heterocycles. The van der Waals surface area contributed by atoms with E-state index in [0.29, 0.717) is 0 Å². The second kappa shape index (κ2) is 7.83. The van der Waals surface area contributed by atoms with Gasteiger partial charge >= 0.3 is 0 Å². The van der Waals surface area contributed by atoms with Crippen molar-refractivity contribution in [2.45, 2.75) is 26.3 Å². The minimum absolute atomic E-state index is 0.138. The van der Waals surface area contributed by atoms with Crippen LogP contribution < -0.4 is 10.6 Å². The van der Waals surface area contributed by atoms with Crippen LogP contribution in [0.3, 0.4) is 0 Å². The molecular weight excluding hydrogens is 324 g/mol. The summed E-state index contributed by atoms with van der Waals surface area (Å²) in [5.41, 5.74) is 2.83. The molecule has 3 rings (SSSR count). The van der Waals surface area contributed by atoms with Gasteiger partial charge in [-0.3, -0.25) is 9.59 Å². The van der Waals surface area contributed by atoms with Crippen molar-refractivity contribution >= 4 is 28.3 Å². The standard InChI is InChI=1S/C22H22N2O2/c1-15-10-12-18(13-11-15)21(23-16(2)25)14-22(26)24-20-9-5-7-17-6-3-4-8-19(17)20/h3-13,21H,14H2,1-2H3,(H,23,25)(H,24,26). The van der Waals surface area contributed by atoms with Crippen molar-refractivity contribution in [3.63, 3.8) is 0 Å². The van der Waals surface area contributed by atoms with Gasteiger partial charge in [-0.25, -0.2) is 0 Å². The Kier molecular flexibility index (Phi) is 5.32. The molecule has 26 heavy (non-hydrogen) atoms. The second-order valence-electron chi connectivity index (χ2n) is 6.44. The van der Waals surface area contributed by atoms with E-state index in [1.165, 1.54) is 6.92 Å². The minimum Gasteiger partial charge on any atom is -0.349 e. The van der Waals surface area contributed by atoms with Gasteiger partial charge in [-0.1, -0.05) is 66.2 Å². The molecule has 0 aliphatic heterocycles. The monoisotopic (exact) mass is 346 g/mol. The van der Waals surface area contributed by atoms with E-state index < -0.39 is 0 Å². The van der Waals surface area contributed by atoms with Crippen molar-refractivity contribution in [3.8, 4) is 0 Å². The maximum atomic E-state index is 12.6. The van der Waals surface area contributed by atoms with Crippen LogP contribution in [-0.2, 0) is 9.59 Å². The van der Waals surface area contributed by atoms with E-state index in [1.807, 2.05) is 73.7 Å². The SMILES string of the molecule is CC(=O)NC(CC(=O)Nc1cccc2ccccc12)c1ccc(C)cc1. The minimum atomic E-state index is -0.358. The van der Waals surface area contributed by atoms with Crippen LogP contribution in [0.4, 0.5) is 5.69 Å². The number of fused-ring (bicyclic) bond motifs is 1. The van der Waals surface area contributed by atoms with Gasteiger partial charge in [0.2, 0.25) is 11.8 Å². The lowest BCUT2D eigenvalue weighted by Gasteiger charge is -2.18. The number of rotatable bonds is 5. The fourth-order valence-corrected chi connectivity index (χ4v) is 3.02. The zero-order chi connectivity index (χ0) is 18.5. The number of hydrogen-bond donors (Lipinski definition) is 2. The second-order valence-corrected chi connectivity index (χ2v) is 6.44. The van der Waals surface area contributed by atoms with Gasteiger partial charge in [0.25, 0.3) is 0 Å². The van der Waals surface area contributed by atoms with Gasteiger partial charge in [-0.2, -0.15) is 0 Å². The van der Waals surface area contributed by atoms with Gasteiger partial charge in [-0.05, 0) is 23.9 Å². The molecule has 1 atom stereocenters. The first-order valence-electron chi connectivity index (χ1n) is 8.64. The summed E-state index contributed by atoms with van der Waals surface area (Å²) in [5.74, 6) is -0.297. The van der Waals surface area contributed by atoms with E-state index in [2.05, 4.69) is 10.6 Å². The smallest absolute Gasteiger partial charge is 0.226 e. The largest absolute Gasteiger partial charge is 0.349 e. The van der Waals surface area contributed by atoms with Crippen LogP contribution in [-0.4, -0.2) is 11.8 Å². The van der Waals surface area contributed by atoms with E-state index in [0.717, 1.165) is 27.6 Å². The topological polar surface area (TPSA) is 58.2 Å². The third-order valence-corrected chi connectivity index (χ3v) is 4.31. The zero-order valence-electron chi connectivity index (χ0n) is 15.0. The summed E-state index contributed by atoms with van der Waals surface area (Å²) >= 11 is 0. The van der Waals surface area contributed by atoms with Gasteiger partial charge in [0.1, 0.15) is 0 Å². The Morgan fingerprint density at radius 1 is 0.923 bits per heavy atom. The molecule has 0 bridgehead atoms. The van der Waals surface area contributed by atoms with Gasteiger partial charge in [0.15, 0.2) is 0 Å². The van der Waals surface area contributed by atoms with E-state index in [4.69, 9.17) is 0 Å². The van der Waals surface area contributed by atoms with E-state index in [9.17, 15) is 9.59 Å². The molecule has 0 saturated carbocycles. The summed E-state index contributed by atoms with van der Waals surface area (Å²) in [6.45, 7) is 3.47. The Bertz CT molecular complexity index is 927. The van der Waals surface area contributed by atoms with Gasteiger partial charge in [0, 0.05) is 18.0 Å². The van der Waals surface area contributed by atoms with Crippen LogP contribution in [0.1, 0.15) is 30.5 Å². The van der Waals surface area contributed by atoms with Crippen LogP contribution in [0.15, 0.2) is 66.7 Å². The van der Waals surface area contributed by atoms with Crippen molar-refractivity contribution in [1.29, 1.82) is 0 Å². The van der Waals surface area contributed by atoms with Crippen molar-refractivity contribution in [1.82, 2.24) is 5.32 Å². The molecule has 0 heterocycles. The summed E-state index contributed by atoms with van der Waals surface area (Å²) < 4.78 is 0. The maximum absolute atomic E-state index is 12.6. The van der Waals surface area contributed by atoms with Crippen LogP contribution in [0.25, 0.3) is 10.8 Å². The third-order valence-electron chi connectivity index (χ3n) is 4.31. The summed E-state index contributed by atoms with van der Waals surface area (Å²) in [7, 11) is 0. The Morgan fingerprint density at radius 2 is 1.62 bits per heavy atom. The highest BCUT2D eigenvalue weighted by Gasteiger charge is 2.17. The van der Waals surface area contributed by atoms with Crippen molar-refractivity contribution in [3.05, 3.63) is 77.9 Å². The first-order chi connectivity index (χ1) is 12.5. The molecular formula is C22H22N2O2. The molecule has 0 aliphatic rings. The Balaban J connectivity index is 1.79. The lowest BCUT2D eigenvalue weighted by Crippen LogP contribution is -2.29. The Morgan fingerprint density at radius 3 is 2.35 bits per heavy atom. The van der Waals surface area contributed by atoms with Gasteiger partial charge < -0.3 is 10.6 Å². The fraction of sp³-hybridized carbons (Fsp3) is 0.182. The average Bonchev–Trinajstić information content (AvgIpc) is 2.62. The number of aryl methyl sites for hydroxylation is 1. The lowest BCUT2D eigenvalue weighted by atomic mass is 10.0. The molecule has 2 amide bonds. The molecule has 4 heteroatoms. The predicted octanol–water partition coefficient (Wildman–Crippen LogP) is 4.35. The van der Waals surface area contributed by atoms with Crippen molar-refractivity contribution in [2.24, 2.45) is 0 Å². The number of anilines is 1. The van der Waals surface area contributed by atoms with Crippen LogP contribution >= 0.6 is 0 Å².